The van der Waals surface area contributed by atoms with Crippen LogP contribution < -0.4 is 10.6 Å². The predicted octanol–water partition coefficient (Wildman–Crippen LogP) is 4.29. The highest BCUT2D eigenvalue weighted by Gasteiger charge is 2.05. The van der Waals surface area contributed by atoms with Crippen LogP contribution in [-0.2, 0) is 0 Å². The molecule has 3 aromatic rings. The van der Waals surface area contributed by atoms with Crippen LogP contribution in [0.2, 0.25) is 0 Å². The third kappa shape index (κ3) is 3.30. The van der Waals surface area contributed by atoms with Gasteiger partial charge in [-0.15, -0.1) is 0 Å². The molecule has 0 aliphatic rings. The fourth-order valence-electron chi connectivity index (χ4n) is 2.11. The Morgan fingerprint density at radius 3 is 2.19 bits per heavy atom. The van der Waals surface area contributed by atoms with Crippen molar-refractivity contribution in [2.24, 2.45) is 0 Å². The van der Waals surface area contributed by atoms with Gasteiger partial charge in [0, 0.05) is 18.1 Å². The number of nitrogens with one attached hydrogen (secondary N) is 2. The number of benzene rings is 2. The molecule has 2 N–H and O–H groups in total. The summed E-state index contributed by atoms with van der Waals surface area (Å²) in [6.07, 6.45) is 4.02. The number of aromatic nitrogens is 1. The summed E-state index contributed by atoms with van der Waals surface area (Å²) in [5, 5.41) is 6.99. The molecule has 0 amide bonds. The van der Waals surface area contributed by atoms with Crippen LogP contribution in [0.25, 0.3) is 5.69 Å². The van der Waals surface area contributed by atoms with Crippen molar-refractivity contribution in [2.45, 2.75) is 0 Å². The number of hydrogen-bond donors (Lipinski definition) is 2. The van der Waals surface area contributed by atoms with E-state index in [1.165, 1.54) is 0 Å². The topological polar surface area (TPSA) is 29.0 Å². The first-order chi connectivity index (χ1) is 10.3. The Bertz CT molecular complexity index is 721. The van der Waals surface area contributed by atoms with E-state index in [-0.39, 0.29) is 0 Å². The number of hydrogen-bond acceptors (Lipinski definition) is 1. The number of rotatable bonds is 3. The normalized spacial score (nSPS) is 10.1. The Morgan fingerprint density at radius 2 is 1.43 bits per heavy atom. The van der Waals surface area contributed by atoms with Crippen LogP contribution in [0.5, 0.6) is 0 Å². The number of para-hydroxylation sites is 3. The summed E-state index contributed by atoms with van der Waals surface area (Å²) in [5.74, 6) is 0. The zero-order chi connectivity index (χ0) is 14.5. The van der Waals surface area contributed by atoms with Crippen molar-refractivity contribution in [2.75, 3.05) is 10.6 Å². The van der Waals surface area contributed by atoms with Gasteiger partial charge in [0.15, 0.2) is 5.11 Å². The van der Waals surface area contributed by atoms with Crippen LogP contribution in [0.4, 0.5) is 11.4 Å². The van der Waals surface area contributed by atoms with Crippen LogP contribution in [0.15, 0.2) is 79.1 Å². The second kappa shape index (κ2) is 6.24. The molecule has 1 aromatic heterocycles. The van der Waals surface area contributed by atoms with Gasteiger partial charge >= 0.3 is 0 Å². The van der Waals surface area contributed by atoms with Crippen LogP contribution >= 0.6 is 12.2 Å². The first-order valence-electron chi connectivity index (χ1n) is 6.68. The van der Waals surface area contributed by atoms with Crippen LogP contribution in [0.1, 0.15) is 0 Å². The standard InChI is InChI=1S/C17H15N3S/c21-17(18-14-8-2-1-3-9-14)19-15-10-4-5-11-16(15)20-12-6-7-13-20/h1-13H,(H2,18,19,21). The van der Waals surface area contributed by atoms with Crippen molar-refractivity contribution in [3.8, 4) is 5.69 Å². The molecule has 0 fully saturated rings. The summed E-state index contributed by atoms with van der Waals surface area (Å²) in [4.78, 5) is 0. The molecule has 0 aliphatic carbocycles. The zero-order valence-electron chi connectivity index (χ0n) is 11.4. The summed E-state index contributed by atoms with van der Waals surface area (Å²) in [5.41, 5.74) is 2.98. The second-order valence-electron chi connectivity index (χ2n) is 4.55. The van der Waals surface area contributed by atoms with Gasteiger partial charge in [0.2, 0.25) is 0 Å². The Balaban J connectivity index is 1.78. The van der Waals surface area contributed by atoms with E-state index in [4.69, 9.17) is 12.2 Å². The van der Waals surface area contributed by atoms with E-state index in [0.29, 0.717) is 5.11 Å². The van der Waals surface area contributed by atoms with E-state index in [1.807, 2.05) is 83.7 Å². The third-order valence-electron chi connectivity index (χ3n) is 3.07. The maximum Gasteiger partial charge on any atom is 0.175 e. The highest BCUT2D eigenvalue weighted by molar-refractivity contribution is 7.80. The first-order valence-corrected chi connectivity index (χ1v) is 7.09. The van der Waals surface area contributed by atoms with Gasteiger partial charge in [-0.25, -0.2) is 0 Å². The third-order valence-corrected chi connectivity index (χ3v) is 3.27. The largest absolute Gasteiger partial charge is 0.332 e. The summed E-state index contributed by atoms with van der Waals surface area (Å²) in [6, 6.07) is 21.9. The molecule has 3 nitrogen and oxygen atoms in total. The van der Waals surface area contributed by atoms with Gasteiger partial charge in [-0.3, -0.25) is 0 Å². The molecule has 3 rings (SSSR count). The lowest BCUT2D eigenvalue weighted by Crippen LogP contribution is -2.19. The van der Waals surface area contributed by atoms with E-state index >= 15 is 0 Å². The van der Waals surface area contributed by atoms with Gasteiger partial charge in [-0.05, 0) is 48.6 Å². The molecule has 0 saturated heterocycles. The van der Waals surface area contributed by atoms with Gasteiger partial charge in [0.25, 0.3) is 0 Å². The second-order valence-corrected chi connectivity index (χ2v) is 4.96. The van der Waals surface area contributed by atoms with Crippen molar-refractivity contribution >= 4 is 28.7 Å². The van der Waals surface area contributed by atoms with Crippen molar-refractivity contribution in [3.63, 3.8) is 0 Å². The van der Waals surface area contributed by atoms with Crippen molar-refractivity contribution in [3.05, 3.63) is 79.1 Å². The molecule has 21 heavy (non-hydrogen) atoms. The average Bonchev–Trinajstić information content (AvgIpc) is 3.03. The summed E-state index contributed by atoms with van der Waals surface area (Å²) >= 11 is 5.38. The van der Waals surface area contributed by atoms with Crippen molar-refractivity contribution in [1.82, 2.24) is 4.57 Å². The van der Waals surface area contributed by atoms with Crippen LogP contribution in [0, 0.1) is 0 Å². The van der Waals surface area contributed by atoms with Gasteiger partial charge in [0.1, 0.15) is 0 Å². The molecule has 0 aliphatic heterocycles. The Kier molecular flexibility index (Phi) is 3.98. The molecular formula is C17H15N3S. The highest BCUT2D eigenvalue weighted by atomic mass is 32.1. The van der Waals surface area contributed by atoms with Gasteiger partial charge in [0.05, 0.1) is 11.4 Å². The average molecular weight is 293 g/mol. The molecule has 1 heterocycles. The zero-order valence-corrected chi connectivity index (χ0v) is 12.2. The van der Waals surface area contributed by atoms with E-state index in [1.54, 1.807) is 0 Å². The van der Waals surface area contributed by atoms with E-state index in [9.17, 15) is 0 Å². The minimum atomic E-state index is 0.570. The summed E-state index contributed by atoms with van der Waals surface area (Å²) < 4.78 is 2.05. The monoisotopic (exact) mass is 293 g/mol. The number of thiocarbonyl (C=S) groups is 1. The van der Waals surface area contributed by atoms with E-state index in [0.717, 1.165) is 17.1 Å². The first kappa shape index (κ1) is 13.4. The Morgan fingerprint density at radius 1 is 0.762 bits per heavy atom. The molecule has 2 aromatic carbocycles. The lowest BCUT2D eigenvalue weighted by molar-refractivity contribution is 1.08. The van der Waals surface area contributed by atoms with Crippen LogP contribution in [-0.4, -0.2) is 9.68 Å². The van der Waals surface area contributed by atoms with Crippen molar-refractivity contribution in [1.29, 1.82) is 0 Å². The fraction of sp³-hybridized carbons (Fsp3) is 0. The number of nitrogens with zero attached hydrogens (tertiary/aromatic N) is 1. The Hall–Kier alpha value is -2.59. The van der Waals surface area contributed by atoms with Crippen molar-refractivity contribution < 1.29 is 0 Å². The predicted molar refractivity (Wildman–Crippen MR) is 92.1 cm³/mol. The number of anilines is 2. The maximum atomic E-state index is 5.38. The molecular weight excluding hydrogens is 278 g/mol. The molecule has 0 unspecified atom stereocenters. The van der Waals surface area contributed by atoms with E-state index in [2.05, 4.69) is 10.6 Å². The SMILES string of the molecule is S=C(Nc1ccccc1)Nc1ccccc1-n1cccc1. The molecule has 4 heteroatoms. The van der Waals surface area contributed by atoms with Crippen LogP contribution in [0.3, 0.4) is 0 Å². The minimum Gasteiger partial charge on any atom is -0.332 e. The molecule has 0 atom stereocenters. The fourth-order valence-corrected chi connectivity index (χ4v) is 2.33. The quantitative estimate of drug-likeness (QED) is 0.706. The van der Waals surface area contributed by atoms with Gasteiger partial charge in [-0.2, -0.15) is 0 Å². The Labute approximate surface area is 129 Å². The molecule has 104 valence electrons. The summed E-state index contributed by atoms with van der Waals surface area (Å²) in [6.45, 7) is 0. The molecule has 0 radical (unpaired) electrons. The lowest BCUT2D eigenvalue weighted by Gasteiger charge is -2.14. The highest BCUT2D eigenvalue weighted by Crippen LogP contribution is 2.20. The van der Waals surface area contributed by atoms with E-state index < -0.39 is 0 Å². The smallest absolute Gasteiger partial charge is 0.175 e. The minimum absolute atomic E-state index is 0.570. The van der Waals surface area contributed by atoms with Gasteiger partial charge in [-0.1, -0.05) is 30.3 Å². The molecule has 0 saturated carbocycles. The molecule has 0 bridgehead atoms. The molecule has 0 spiro atoms. The summed E-state index contributed by atoms with van der Waals surface area (Å²) in [7, 11) is 0. The van der Waals surface area contributed by atoms with Gasteiger partial charge < -0.3 is 15.2 Å². The lowest BCUT2D eigenvalue weighted by atomic mass is 10.2. The maximum absolute atomic E-state index is 5.38.